The first-order chi connectivity index (χ1) is 12.8. The first-order valence-electron chi connectivity index (χ1n) is 8.83. The molecule has 2 rings (SSSR count). The highest BCUT2D eigenvalue weighted by atomic mass is 16.6. The van der Waals surface area contributed by atoms with Crippen LogP contribution < -0.4 is 0 Å². The van der Waals surface area contributed by atoms with E-state index in [1.165, 1.54) is 0 Å². The Morgan fingerprint density at radius 1 is 1.44 bits per heavy atom. The predicted octanol–water partition coefficient (Wildman–Crippen LogP) is 0.954. The van der Waals surface area contributed by atoms with Crippen LogP contribution in [0.4, 0.5) is 0 Å². The van der Waals surface area contributed by atoms with E-state index in [9.17, 15) is 19.8 Å². The zero-order chi connectivity index (χ0) is 20.1. The van der Waals surface area contributed by atoms with Crippen molar-refractivity contribution in [1.82, 2.24) is 0 Å². The van der Waals surface area contributed by atoms with E-state index < -0.39 is 42.8 Å². The number of carbonyl (C=O) groups excluding carboxylic acids is 2. The van der Waals surface area contributed by atoms with Crippen molar-refractivity contribution in [2.24, 2.45) is 5.92 Å². The van der Waals surface area contributed by atoms with Crippen molar-refractivity contribution in [2.45, 2.75) is 44.5 Å². The SMILES string of the molecule is C=C1C(=O)O[C@H]2/C=C(\CO)CC/C=C(/C)C[C@H](OC(=O)C(=C)[C@H](O)CO)[C@@H]12. The number of aliphatic hydroxyl groups is 3. The quantitative estimate of drug-likeness (QED) is 0.371. The Balaban J connectivity index is 2.36. The summed E-state index contributed by atoms with van der Waals surface area (Å²) in [5, 5.41) is 28.2. The number of rotatable bonds is 5. The number of carbonyl (C=O) groups is 2. The molecule has 7 heteroatoms. The Kier molecular flexibility index (Phi) is 7.12. The maximum absolute atomic E-state index is 12.3. The second kappa shape index (κ2) is 9.12. The fourth-order valence-corrected chi connectivity index (χ4v) is 3.23. The van der Waals surface area contributed by atoms with Gasteiger partial charge in [0.2, 0.25) is 0 Å². The molecule has 27 heavy (non-hydrogen) atoms. The maximum Gasteiger partial charge on any atom is 0.336 e. The summed E-state index contributed by atoms with van der Waals surface area (Å²) < 4.78 is 10.9. The van der Waals surface area contributed by atoms with Crippen molar-refractivity contribution in [2.75, 3.05) is 13.2 Å². The van der Waals surface area contributed by atoms with Gasteiger partial charge in [-0.25, -0.2) is 9.59 Å². The molecule has 0 amide bonds. The van der Waals surface area contributed by atoms with Gasteiger partial charge in [-0.3, -0.25) is 0 Å². The molecular formula is C20H26O7. The molecule has 3 N–H and O–H groups in total. The zero-order valence-electron chi connectivity index (χ0n) is 15.4. The van der Waals surface area contributed by atoms with E-state index in [2.05, 4.69) is 13.2 Å². The van der Waals surface area contributed by atoms with Gasteiger partial charge >= 0.3 is 11.9 Å². The molecule has 0 radical (unpaired) electrons. The molecule has 4 atom stereocenters. The van der Waals surface area contributed by atoms with Crippen molar-refractivity contribution in [1.29, 1.82) is 0 Å². The lowest BCUT2D eigenvalue weighted by molar-refractivity contribution is -0.148. The molecule has 1 heterocycles. The van der Waals surface area contributed by atoms with Gasteiger partial charge in [-0.15, -0.1) is 0 Å². The summed E-state index contributed by atoms with van der Waals surface area (Å²) in [6.45, 7) is 8.32. The molecule has 1 aliphatic carbocycles. The lowest BCUT2D eigenvalue weighted by Gasteiger charge is -2.28. The second-order valence-electron chi connectivity index (χ2n) is 6.86. The van der Waals surface area contributed by atoms with Crippen LogP contribution in [0.15, 0.2) is 47.6 Å². The lowest BCUT2D eigenvalue weighted by Crippen LogP contribution is -2.35. The van der Waals surface area contributed by atoms with E-state index >= 15 is 0 Å². The van der Waals surface area contributed by atoms with Crippen LogP contribution in [0.3, 0.4) is 0 Å². The summed E-state index contributed by atoms with van der Waals surface area (Å²) in [6, 6.07) is 0. The summed E-state index contributed by atoms with van der Waals surface area (Å²) in [5.74, 6) is -2.05. The van der Waals surface area contributed by atoms with Gasteiger partial charge in [-0.1, -0.05) is 24.8 Å². The smallest absolute Gasteiger partial charge is 0.336 e. The lowest BCUT2D eigenvalue weighted by atomic mass is 9.85. The zero-order valence-corrected chi connectivity index (χ0v) is 15.4. The molecule has 7 nitrogen and oxygen atoms in total. The number of ether oxygens (including phenoxy) is 2. The van der Waals surface area contributed by atoms with Gasteiger partial charge in [-0.2, -0.15) is 0 Å². The van der Waals surface area contributed by atoms with Crippen LogP contribution in [-0.4, -0.2) is 58.8 Å². The fourth-order valence-electron chi connectivity index (χ4n) is 3.23. The predicted molar refractivity (Wildman–Crippen MR) is 97.4 cm³/mol. The van der Waals surface area contributed by atoms with E-state index in [0.29, 0.717) is 19.3 Å². The molecule has 0 aromatic rings. The highest BCUT2D eigenvalue weighted by Gasteiger charge is 2.44. The van der Waals surface area contributed by atoms with Crippen LogP contribution >= 0.6 is 0 Å². The largest absolute Gasteiger partial charge is 0.458 e. The van der Waals surface area contributed by atoms with E-state index in [0.717, 1.165) is 11.1 Å². The molecule has 0 aromatic carbocycles. The number of allylic oxidation sites excluding steroid dienone is 1. The van der Waals surface area contributed by atoms with E-state index in [-0.39, 0.29) is 17.8 Å². The Hall–Kier alpha value is -2.22. The third-order valence-corrected chi connectivity index (χ3v) is 4.84. The molecule has 148 valence electrons. The van der Waals surface area contributed by atoms with Crippen LogP contribution in [0, 0.1) is 5.92 Å². The van der Waals surface area contributed by atoms with Crippen LogP contribution in [0.25, 0.3) is 0 Å². The number of fused-ring (bicyclic) bond motifs is 1. The molecule has 0 saturated carbocycles. The molecule has 1 saturated heterocycles. The summed E-state index contributed by atoms with van der Waals surface area (Å²) in [4.78, 5) is 24.4. The molecule has 0 spiro atoms. The second-order valence-corrected chi connectivity index (χ2v) is 6.86. The van der Waals surface area contributed by atoms with Gasteiger partial charge in [0.05, 0.1) is 24.7 Å². The summed E-state index contributed by atoms with van der Waals surface area (Å²) in [5.41, 5.74) is 1.60. The Labute approximate surface area is 158 Å². The Morgan fingerprint density at radius 2 is 2.15 bits per heavy atom. The standard InChI is InChI=1S/C20H26O7/c1-11-5-4-6-14(9-21)8-17-18(13(3)20(25)27-17)16(7-11)26-19(24)12(2)15(23)10-22/h5,8,15-18,21-23H,2-4,6-7,9-10H2,1H3/b11-5-,14-8-/t15-,16+,17+,18-/m1/s1. The third-order valence-electron chi connectivity index (χ3n) is 4.84. The fraction of sp³-hybridized carbons (Fsp3) is 0.500. The molecule has 1 fully saturated rings. The maximum atomic E-state index is 12.3. The van der Waals surface area contributed by atoms with Gasteiger partial charge in [-0.05, 0) is 31.4 Å². The molecule has 2 aliphatic rings. The molecule has 1 aliphatic heterocycles. The highest BCUT2D eigenvalue weighted by molar-refractivity contribution is 5.92. The minimum absolute atomic E-state index is 0.163. The molecule has 0 aromatic heterocycles. The number of hydrogen-bond donors (Lipinski definition) is 3. The Morgan fingerprint density at radius 3 is 2.78 bits per heavy atom. The van der Waals surface area contributed by atoms with Crippen molar-refractivity contribution < 1.29 is 34.4 Å². The van der Waals surface area contributed by atoms with Crippen molar-refractivity contribution in [3.8, 4) is 0 Å². The monoisotopic (exact) mass is 378 g/mol. The first kappa shape index (κ1) is 21.1. The number of aliphatic hydroxyl groups excluding tert-OH is 3. The van der Waals surface area contributed by atoms with Crippen LogP contribution in [0.2, 0.25) is 0 Å². The van der Waals surface area contributed by atoms with Gasteiger partial charge in [0.15, 0.2) is 0 Å². The van der Waals surface area contributed by atoms with E-state index in [1.54, 1.807) is 6.08 Å². The first-order valence-corrected chi connectivity index (χ1v) is 8.83. The molecule has 0 bridgehead atoms. The van der Waals surface area contributed by atoms with Crippen molar-refractivity contribution >= 4 is 11.9 Å². The summed E-state index contributed by atoms with van der Waals surface area (Å²) >= 11 is 0. The molecular weight excluding hydrogens is 352 g/mol. The average molecular weight is 378 g/mol. The Bertz CT molecular complexity index is 688. The topological polar surface area (TPSA) is 113 Å². The van der Waals surface area contributed by atoms with Crippen LogP contribution in [-0.2, 0) is 19.1 Å². The summed E-state index contributed by atoms with van der Waals surface area (Å²) in [7, 11) is 0. The molecule has 0 unspecified atom stereocenters. The van der Waals surface area contributed by atoms with Crippen LogP contribution in [0.1, 0.15) is 26.2 Å². The van der Waals surface area contributed by atoms with E-state index in [1.807, 2.05) is 13.0 Å². The van der Waals surface area contributed by atoms with E-state index in [4.69, 9.17) is 14.6 Å². The van der Waals surface area contributed by atoms with Crippen LogP contribution in [0.5, 0.6) is 0 Å². The van der Waals surface area contributed by atoms with Gasteiger partial charge in [0.1, 0.15) is 18.3 Å². The van der Waals surface area contributed by atoms with Crippen molar-refractivity contribution in [3.63, 3.8) is 0 Å². The number of hydrogen-bond acceptors (Lipinski definition) is 7. The average Bonchev–Trinajstić information content (AvgIpc) is 2.92. The summed E-state index contributed by atoms with van der Waals surface area (Å²) in [6.07, 6.45) is 2.46. The van der Waals surface area contributed by atoms with Crippen molar-refractivity contribution in [3.05, 3.63) is 47.6 Å². The minimum Gasteiger partial charge on any atom is -0.458 e. The third kappa shape index (κ3) is 4.94. The van der Waals surface area contributed by atoms with Gasteiger partial charge in [0, 0.05) is 12.0 Å². The minimum atomic E-state index is -1.42. The van der Waals surface area contributed by atoms with Gasteiger partial charge < -0.3 is 24.8 Å². The normalized spacial score (nSPS) is 30.9. The van der Waals surface area contributed by atoms with Gasteiger partial charge in [0.25, 0.3) is 0 Å². The number of esters is 2. The highest BCUT2D eigenvalue weighted by Crippen LogP contribution is 2.36.